The summed E-state index contributed by atoms with van der Waals surface area (Å²) in [6.07, 6.45) is 5.62. The van der Waals surface area contributed by atoms with Crippen LogP contribution in [0.4, 0.5) is 23.1 Å². The van der Waals surface area contributed by atoms with E-state index in [0.717, 1.165) is 37.8 Å². The van der Waals surface area contributed by atoms with Gasteiger partial charge in [-0.1, -0.05) is 12.1 Å². The Labute approximate surface area is 164 Å². The third-order valence-corrected chi connectivity index (χ3v) is 5.23. The normalized spacial score (nSPS) is 19.2. The average Bonchev–Trinajstić information content (AvgIpc) is 2.71. The second kappa shape index (κ2) is 9.32. The second-order valence-corrected chi connectivity index (χ2v) is 7.29. The molecule has 0 spiro atoms. The predicted molar refractivity (Wildman–Crippen MR) is 110 cm³/mol. The number of rotatable bonds is 8. The van der Waals surface area contributed by atoms with Crippen molar-refractivity contribution in [2.75, 3.05) is 29.5 Å². The summed E-state index contributed by atoms with van der Waals surface area (Å²) in [7, 11) is 0. The van der Waals surface area contributed by atoms with Crippen molar-refractivity contribution in [3.05, 3.63) is 46.1 Å². The molecule has 28 heavy (non-hydrogen) atoms. The lowest BCUT2D eigenvalue weighted by atomic mass is 9.82. The van der Waals surface area contributed by atoms with E-state index >= 15 is 0 Å². The van der Waals surface area contributed by atoms with Crippen LogP contribution >= 0.6 is 0 Å². The van der Waals surface area contributed by atoms with E-state index in [1.54, 1.807) is 0 Å². The van der Waals surface area contributed by atoms with Gasteiger partial charge in [0.1, 0.15) is 6.20 Å². The number of nitro groups is 1. The van der Waals surface area contributed by atoms with E-state index < -0.39 is 4.92 Å². The van der Waals surface area contributed by atoms with Crippen LogP contribution in [0.5, 0.6) is 0 Å². The van der Waals surface area contributed by atoms with Crippen molar-refractivity contribution >= 4 is 23.1 Å². The van der Waals surface area contributed by atoms with E-state index in [2.05, 4.69) is 20.6 Å². The first-order valence-corrected chi connectivity index (χ1v) is 9.58. The Balaban J connectivity index is 1.63. The van der Waals surface area contributed by atoms with Gasteiger partial charge in [0.25, 0.3) is 0 Å². The van der Waals surface area contributed by atoms with Gasteiger partial charge in [0.05, 0.1) is 4.92 Å². The van der Waals surface area contributed by atoms with Gasteiger partial charge in [0.15, 0.2) is 0 Å². The van der Waals surface area contributed by atoms with Crippen LogP contribution in [0.25, 0.3) is 0 Å². The Morgan fingerprint density at radius 2 is 1.93 bits per heavy atom. The van der Waals surface area contributed by atoms with Gasteiger partial charge in [0, 0.05) is 18.8 Å². The maximum absolute atomic E-state index is 11.3. The molecule has 0 aliphatic heterocycles. The smallest absolute Gasteiger partial charge is 0.329 e. The first-order valence-electron chi connectivity index (χ1n) is 9.58. The van der Waals surface area contributed by atoms with Crippen molar-refractivity contribution in [1.82, 2.24) is 9.97 Å². The summed E-state index contributed by atoms with van der Waals surface area (Å²) >= 11 is 0. The van der Waals surface area contributed by atoms with Gasteiger partial charge in [-0.15, -0.1) is 0 Å². The fourth-order valence-electron chi connectivity index (χ4n) is 3.52. The number of hydrogen-bond donors (Lipinski definition) is 4. The summed E-state index contributed by atoms with van der Waals surface area (Å²) in [4.78, 5) is 19.2. The van der Waals surface area contributed by atoms with Crippen LogP contribution in [-0.2, 0) is 6.54 Å². The number of nitrogens with zero attached hydrogens (tertiary/aromatic N) is 3. The minimum Gasteiger partial charge on any atom is -0.399 e. The summed E-state index contributed by atoms with van der Waals surface area (Å²) in [5, 5.41) is 17.6. The van der Waals surface area contributed by atoms with Gasteiger partial charge in [-0.2, -0.15) is 4.98 Å². The van der Waals surface area contributed by atoms with E-state index in [1.165, 1.54) is 6.20 Å². The van der Waals surface area contributed by atoms with Crippen molar-refractivity contribution in [2.45, 2.75) is 32.2 Å². The molecule has 1 aromatic carbocycles. The standard InChI is InChI=1S/C19H27N7O2/c20-9-13-4-6-14(7-5-13)10-22-18-17(26(27)28)12-24-19(25-18)23-11-15-2-1-3-16(21)8-15/h1-3,8,12-14H,4-7,9-11,20-21H2,(H2,22,23,24,25). The highest BCUT2D eigenvalue weighted by molar-refractivity contribution is 5.57. The Bertz CT molecular complexity index is 807. The van der Waals surface area contributed by atoms with Crippen molar-refractivity contribution in [3.8, 4) is 0 Å². The fraction of sp³-hybridized carbons (Fsp3) is 0.474. The van der Waals surface area contributed by atoms with Crippen LogP contribution in [-0.4, -0.2) is 28.0 Å². The molecule has 0 amide bonds. The minimum absolute atomic E-state index is 0.120. The largest absolute Gasteiger partial charge is 0.399 e. The lowest BCUT2D eigenvalue weighted by Gasteiger charge is -2.27. The molecule has 1 aromatic heterocycles. The third-order valence-electron chi connectivity index (χ3n) is 5.23. The van der Waals surface area contributed by atoms with E-state index in [0.29, 0.717) is 36.6 Å². The first-order chi connectivity index (χ1) is 13.5. The Morgan fingerprint density at radius 3 is 2.61 bits per heavy atom. The molecule has 9 heteroatoms. The van der Waals surface area contributed by atoms with E-state index in [1.807, 2.05) is 24.3 Å². The monoisotopic (exact) mass is 385 g/mol. The molecule has 1 aliphatic rings. The van der Waals surface area contributed by atoms with Crippen LogP contribution in [0.2, 0.25) is 0 Å². The zero-order valence-corrected chi connectivity index (χ0v) is 15.8. The van der Waals surface area contributed by atoms with Crippen LogP contribution in [0.1, 0.15) is 31.2 Å². The minimum atomic E-state index is -0.463. The van der Waals surface area contributed by atoms with Crippen LogP contribution in [0, 0.1) is 22.0 Å². The van der Waals surface area contributed by atoms with E-state index in [4.69, 9.17) is 11.5 Å². The highest BCUT2D eigenvalue weighted by Gasteiger charge is 2.22. The molecule has 3 rings (SSSR count). The molecule has 9 nitrogen and oxygen atoms in total. The summed E-state index contributed by atoms with van der Waals surface area (Å²) in [6.45, 7) is 1.87. The maximum atomic E-state index is 11.3. The van der Waals surface area contributed by atoms with Crippen LogP contribution in [0.15, 0.2) is 30.5 Å². The molecule has 0 unspecified atom stereocenters. The summed E-state index contributed by atoms with van der Waals surface area (Å²) in [5.74, 6) is 1.66. The molecular weight excluding hydrogens is 358 g/mol. The molecule has 150 valence electrons. The molecule has 0 bridgehead atoms. The molecule has 1 heterocycles. The van der Waals surface area contributed by atoms with Gasteiger partial charge in [0.2, 0.25) is 11.8 Å². The van der Waals surface area contributed by atoms with Crippen molar-refractivity contribution in [3.63, 3.8) is 0 Å². The Morgan fingerprint density at radius 1 is 1.18 bits per heavy atom. The number of nitrogens with one attached hydrogen (secondary N) is 2. The highest BCUT2D eigenvalue weighted by Crippen LogP contribution is 2.29. The molecule has 1 aliphatic carbocycles. The number of anilines is 3. The van der Waals surface area contributed by atoms with E-state index in [9.17, 15) is 10.1 Å². The van der Waals surface area contributed by atoms with Gasteiger partial charge in [-0.25, -0.2) is 4.98 Å². The van der Waals surface area contributed by atoms with Crippen LogP contribution < -0.4 is 22.1 Å². The zero-order chi connectivity index (χ0) is 19.9. The number of aromatic nitrogens is 2. The Kier molecular flexibility index (Phi) is 6.59. The molecule has 0 atom stereocenters. The first kappa shape index (κ1) is 19.8. The average molecular weight is 385 g/mol. The van der Waals surface area contributed by atoms with Gasteiger partial charge < -0.3 is 22.1 Å². The van der Waals surface area contributed by atoms with Crippen molar-refractivity contribution in [1.29, 1.82) is 0 Å². The Hall–Kier alpha value is -2.94. The SMILES string of the molecule is NCC1CCC(CNc2nc(NCc3cccc(N)c3)ncc2[N+](=O)[O-])CC1. The molecule has 6 N–H and O–H groups in total. The molecule has 0 radical (unpaired) electrons. The predicted octanol–water partition coefficient (Wildman–Crippen LogP) is 2.76. The lowest BCUT2D eigenvalue weighted by Crippen LogP contribution is -2.25. The maximum Gasteiger partial charge on any atom is 0.329 e. The number of hydrogen-bond acceptors (Lipinski definition) is 8. The van der Waals surface area contributed by atoms with Crippen LogP contribution in [0.3, 0.4) is 0 Å². The van der Waals surface area contributed by atoms with Gasteiger partial charge in [-0.05, 0) is 61.8 Å². The molecule has 1 fully saturated rings. The van der Waals surface area contributed by atoms with Crippen molar-refractivity contribution in [2.24, 2.45) is 17.6 Å². The third kappa shape index (κ3) is 5.29. The summed E-state index contributed by atoms with van der Waals surface area (Å²) < 4.78 is 0. The number of nitrogen functional groups attached to an aromatic ring is 1. The second-order valence-electron chi connectivity index (χ2n) is 7.29. The quantitative estimate of drug-likeness (QED) is 0.308. The molecule has 1 saturated carbocycles. The number of nitrogens with two attached hydrogens (primary N) is 2. The number of benzene rings is 1. The highest BCUT2D eigenvalue weighted by atomic mass is 16.6. The topological polar surface area (TPSA) is 145 Å². The van der Waals surface area contributed by atoms with E-state index in [-0.39, 0.29) is 11.5 Å². The lowest BCUT2D eigenvalue weighted by molar-refractivity contribution is -0.384. The molecule has 0 saturated heterocycles. The molecular formula is C19H27N7O2. The summed E-state index contributed by atoms with van der Waals surface area (Å²) in [6, 6.07) is 7.48. The molecule has 2 aromatic rings. The zero-order valence-electron chi connectivity index (χ0n) is 15.8. The van der Waals surface area contributed by atoms with Gasteiger partial charge >= 0.3 is 5.69 Å². The summed E-state index contributed by atoms with van der Waals surface area (Å²) in [5.41, 5.74) is 13.1. The van der Waals surface area contributed by atoms with Crippen molar-refractivity contribution < 1.29 is 4.92 Å². The van der Waals surface area contributed by atoms with Gasteiger partial charge in [-0.3, -0.25) is 10.1 Å². The fourth-order valence-corrected chi connectivity index (χ4v) is 3.52.